The van der Waals surface area contributed by atoms with Crippen molar-refractivity contribution in [1.29, 1.82) is 0 Å². The summed E-state index contributed by atoms with van der Waals surface area (Å²) in [6.45, 7) is 1.83. The topological polar surface area (TPSA) is 132 Å². The van der Waals surface area contributed by atoms with Gasteiger partial charge in [-0.1, -0.05) is 24.3 Å². The molecule has 1 heterocycles. The number of carbonyl (C=O) groups is 3. The predicted molar refractivity (Wildman–Crippen MR) is 102 cm³/mol. The van der Waals surface area contributed by atoms with Crippen LogP contribution in [0.25, 0.3) is 0 Å². The zero-order valence-corrected chi connectivity index (χ0v) is 15.6. The van der Waals surface area contributed by atoms with E-state index in [0.717, 1.165) is 29.7 Å². The van der Waals surface area contributed by atoms with Gasteiger partial charge in [0, 0.05) is 18.8 Å². The SMILES string of the molecule is CC(=O)Nc1nc(CCc2cccc(CCNC(=O)NNC(=O)O)c2)cs1. The molecule has 0 unspecified atom stereocenters. The third-order valence-electron chi connectivity index (χ3n) is 3.48. The second-order valence-electron chi connectivity index (χ2n) is 5.71. The van der Waals surface area contributed by atoms with Crippen LogP contribution in [-0.4, -0.2) is 34.7 Å². The van der Waals surface area contributed by atoms with Gasteiger partial charge in [0.2, 0.25) is 5.91 Å². The number of benzene rings is 1. The van der Waals surface area contributed by atoms with Crippen LogP contribution in [0, 0.1) is 0 Å². The molecule has 2 rings (SSSR count). The lowest BCUT2D eigenvalue weighted by atomic mass is 10.0. The first-order chi connectivity index (χ1) is 12.9. The average molecular weight is 391 g/mol. The van der Waals surface area contributed by atoms with Crippen LogP contribution in [0.15, 0.2) is 29.6 Å². The maximum atomic E-state index is 11.4. The van der Waals surface area contributed by atoms with E-state index >= 15 is 0 Å². The zero-order chi connectivity index (χ0) is 19.6. The highest BCUT2D eigenvalue weighted by atomic mass is 32.1. The molecule has 0 spiro atoms. The zero-order valence-electron chi connectivity index (χ0n) is 14.7. The molecule has 0 atom stereocenters. The highest BCUT2D eigenvalue weighted by molar-refractivity contribution is 7.13. The molecule has 9 nitrogen and oxygen atoms in total. The number of nitrogens with zero attached hydrogens (tertiary/aromatic N) is 1. The van der Waals surface area contributed by atoms with Crippen LogP contribution in [0.2, 0.25) is 0 Å². The van der Waals surface area contributed by atoms with Crippen molar-refractivity contribution < 1.29 is 19.5 Å². The first kappa shape index (κ1) is 20.2. The molecule has 5 N–H and O–H groups in total. The van der Waals surface area contributed by atoms with Crippen molar-refractivity contribution in [3.63, 3.8) is 0 Å². The fourth-order valence-electron chi connectivity index (χ4n) is 2.32. The van der Waals surface area contributed by atoms with Gasteiger partial charge in [-0.3, -0.25) is 4.79 Å². The Balaban J connectivity index is 1.77. The van der Waals surface area contributed by atoms with Gasteiger partial charge in [0.15, 0.2) is 5.13 Å². The van der Waals surface area contributed by atoms with Crippen molar-refractivity contribution in [2.75, 3.05) is 11.9 Å². The summed E-state index contributed by atoms with van der Waals surface area (Å²) in [7, 11) is 0. The first-order valence-electron chi connectivity index (χ1n) is 8.25. The monoisotopic (exact) mass is 391 g/mol. The second-order valence-corrected chi connectivity index (χ2v) is 6.56. The molecule has 0 bridgehead atoms. The summed E-state index contributed by atoms with van der Waals surface area (Å²) in [6.07, 6.45) is 0.869. The Bertz CT molecular complexity index is 808. The molecular formula is C17H21N5O4S. The van der Waals surface area contributed by atoms with E-state index < -0.39 is 12.1 Å². The van der Waals surface area contributed by atoms with Gasteiger partial charge in [0.1, 0.15) is 0 Å². The lowest BCUT2D eigenvalue weighted by molar-refractivity contribution is -0.114. The Morgan fingerprint density at radius 3 is 2.56 bits per heavy atom. The summed E-state index contributed by atoms with van der Waals surface area (Å²) in [6, 6.07) is 7.42. The van der Waals surface area contributed by atoms with Gasteiger partial charge in [-0.05, 0) is 30.4 Å². The van der Waals surface area contributed by atoms with Crippen LogP contribution < -0.4 is 21.5 Å². The lowest BCUT2D eigenvalue weighted by Gasteiger charge is -2.08. The Morgan fingerprint density at radius 2 is 1.85 bits per heavy atom. The Labute approximate surface area is 160 Å². The molecule has 0 aliphatic rings. The van der Waals surface area contributed by atoms with Gasteiger partial charge in [0.05, 0.1) is 5.69 Å². The quantitative estimate of drug-likeness (QED) is 0.460. The molecule has 0 aliphatic carbocycles. The minimum absolute atomic E-state index is 0.135. The van der Waals surface area contributed by atoms with E-state index in [4.69, 9.17) is 5.11 Å². The molecule has 1 aromatic carbocycles. The Hall–Kier alpha value is -3.14. The summed E-state index contributed by atoms with van der Waals surface area (Å²) >= 11 is 1.40. The van der Waals surface area contributed by atoms with Crippen LogP contribution >= 0.6 is 11.3 Å². The fourth-order valence-corrected chi connectivity index (χ4v) is 3.11. The number of anilines is 1. The molecular weight excluding hydrogens is 370 g/mol. The Kier molecular flexibility index (Phi) is 7.56. The van der Waals surface area contributed by atoms with Gasteiger partial charge < -0.3 is 15.7 Å². The fraction of sp³-hybridized carbons (Fsp3) is 0.294. The third-order valence-corrected chi connectivity index (χ3v) is 4.28. The molecule has 27 heavy (non-hydrogen) atoms. The minimum Gasteiger partial charge on any atom is -0.464 e. The number of amides is 4. The molecule has 0 radical (unpaired) electrons. The number of urea groups is 1. The molecule has 0 fully saturated rings. The van der Waals surface area contributed by atoms with Crippen LogP contribution in [-0.2, 0) is 24.1 Å². The van der Waals surface area contributed by atoms with E-state index in [9.17, 15) is 14.4 Å². The summed E-state index contributed by atoms with van der Waals surface area (Å²) in [4.78, 5) is 37.0. The van der Waals surface area contributed by atoms with Crippen molar-refractivity contribution in [1.82, 2.24) is 21.2 Å². The van der Waals surface area contributed by atoms with E-state index in [-0.39, 0.29) is 5.91 Å². The summed E-state index contributed by atoms with van der Waals surface area (Å²) < 4.78 is 0. The average Bonchev–Trinajstić information content (AvgIpc) is 3.05. The maximum absolute atomic E-state index is 11.4. The van der Waals surface area contributed by atoms with Crippen molar-refractivity contribution in [2.45, 2.75) is 26.2 Å². The largest absolute Gasteiger partial charge is 0.464 e. The van der Waals surface area contributed by atoms with Crippen LogP contribution in [0.5, 0.6) is 0 Å². The predicted octanol–water partition coefficient (Wildman–Crippen LogP) is 1.91. The van der Waals surface area contributed by atoms with E-state index in [0.29, 0.717) is 18.1 Å². The molecule has 0 saturated heterocycles. The first-order valence-corrected chi connectivity index (χ1v) is 9.13. The number of aryl methyl sites for hydroxylation is 2. The number of carbonyl (C=O) groups excluding carboxylic acids is 2. The minimum atomic E-state index is -1.33. The maximum Gasteiger partial charge on any atom is 0.423 e. The Morgan fingerprint density at radius 1 is 1.11 bits per heavy atom. The normalized spacial score (nSPS) is 10.1. The van der Waals surface area contributed by atoms with Crippen molar-refractivity contribution in [2.24, 2.45) is 0 Å². The summed E-state index contributed by atoms with van der Waals surface area (Å²) in [5, 5.41) is 16.2. The summed E-state index contributed by atoms with van der Waals surface area (Å²) in [5.41, 5.74) is 6.92. The number of aromatic nitrogens is 1. The highest BCUT2D eigenvalue weighted by Crippen LogP contribution is 2.17. The molecule has 1 aromatic heterocycles. The molecule has 4 amide bonds. The molecule has 144 valence electrons. The van der Waals surface area contributed by atoms with Crippen LogP contribution in [0.4, 0.5) is 14.7 Å². The van der Waals surface area contributed by atoms with Crippen molar-refractivity contribution in [3.8, 4) is 0 Å². The van der Waals surface area contributed by atoms with Gasteiger partial charge in [-0.25, -0.2) is 25.4 Å². The van der Waals surface area contributed by atoms with Crippen molar-refractivity contribution >= 4 is 34.5 Å². The van der Waals surface area contributed by atoms with E-state index in [1.165, 1.54) is 18.3 Å². The van der Waals surface area contributed by atoms with Gasteiger partial charge in [-0.15, -0.1) is 11.3 Å². The van der Waals surface area contributed by atoms with Gasteiger partial charge >= 0.3 is 12.1 Å². The van der Waals surface area contributed by atoms with Gasteiger partial charge in [0.25, 0.3) is 0 Å². The third kappa shape index (κ3) is 7.74. The number of thiazole rings is 1. The number of hydrogen-bond donors (Lipinski definition) is 5. The highest BCUT2D eigenvalue weighted by Gasteiger charge is 2.05. The number of nitrogens with one attached hydrogen (secondary N) is 4. The molecule has 0 saturated carbocycles. The number of rotatable bonds is 7. The standard InChI is InChI=1S/C17H21N5O4S/c1-11(23)19-16-20-14(10-27-16)6-5-12-3-2-4-13(9-12)7-8-18-15(24)21-22-17(25)26/h2-4,9-10,22H,5-8H2,1H3,(H,25,26)(H2,18,21,24)(H,19,20,23). The van der Waals surface area contributed by atoms with Crippen LogP contribution in [0.3, 0.4) is 0 Å². The van der Waals surface area contributed by atoms with E-state index in [2.05, 4.69) is 21.7 Å². The smallest absolute Gasteiger partial charge is 0.423 e. The van der Waals surface area contributed by atoms with E-state index in [1.54, 1.807) is 5.43 Å². The van der Waals surface area contributed by atoms with Gasteiger partial charge in [-0.2, -0.15) is 0 Å². The number of hydrogen-bond acceptors (Lipinski definition) is 5. The molecule has 2 aromatic rings. The number of carboxylic acid groups (broad SMARTS) is 1. The summed E-state index contributed by atoms with van der Waals surface area (Å²) in [5.74, 6) is -0.135. The number of hydrazine groups is 1. The molecule has 10 heteroatoms. The van der Waals surface area contributed by atoms with E-state index in [1.807, 2.05) is 29.0 Å². The lowest BCUT2D eigenvalue weighted by Crippen LogP contribution is -2.46. The second kappa shape index (κ2) is 10.1. The van der Waals surface area contributed by atoms with Crippen LogP contribution in [0.1, 0.15) is 23.7 Å². The van der Waals surface area contributed by atoms with Crippen molar-refractivity contribution in [3.05, 3.63) is 46.5 Å². The molecule has 0 aliphatic heterocycles.